The van der Waals surface area contributed by atoms with E-state index in [4.69, 9.17) is 5.73 Å². The summed E-state index contributed by atoms with van der Waals surface area (Å²) in [6.45, 7) is 4.48. The number of aliphatic hydroxyl groups is 2. The molecular formula is C14H29NO2. The molecule has 1 rings (SSSR count). The maximum atomic E-state index is 9.62. The van der Waals surface area contributed by atoms with Crippen molar-refractivity contribution in [2.45, 2.75) is 77.0 Å². The van der Waals surface area contributed by atoms with Crippen molar-refractivity contribution in [1.29, 1.82) is 0 Å². The molecule has 17 heavy (non-hydrogen) atoms. The Balaban J connectivity index is 2.15. The number of hydrogen-bond acceptors (Lipinski definition) is 3. The van der Waals surface area contributed by atoms with Crippen molar-refractivity contribution in [1.82, 2.24) is 0 Å². The molecule has 1 fully saturated rings. The summed E-state index contributed by atoms with van der Waals surface area (Å²) in [6, 6.07) is 0.265. The number of rotatable bonds is 6. The molecule has 0 aromatic carbocycles. The topological polar surface area (TPSA) is 66.5 Å². The molecule has 0 spiro atoms. The lowest BCUT2D eigenvalue weighted by molar-refractivity contribution is -0.0274. The van der Waals surface area contributed by atoms with Gasteiger partial charge in [-0.2, -0.15) is 0 Å². The Morgan fingerprint density at radius 2 is 1.82 bits per heavy atom. The zero-order valence-electron chi connectivity index (χ0n) is 11.3. The van der Waals surface area contributed by atoms with Crippen molar-refractivity contribution in [3.63, 3.8) is 0 Å². The molecule has 0 radical (unpaired) electrons. The van der Waals surface area contributed by atoms with Crippen LogP contribution in [0.3, 0.4) is 0 Å². The molecule has 1 unspecified atom stereocenters. The normalized spacial score (nSPS) is 31.8. The molecule has 1 aliphatic carbocycles. The minimum absolute atomic E-state index is 0.265. The molecule has 102 valence electrons. The van der Waals surface area contributed by atoms with Gasteiger partial charge in [-0.05, 0) is 43.9 Å². The standard InChI is InChI=1S/C14H29NO2/c1-10(2)4-3-5-12(15)8-11-6-7-13(16)14(17)9-11/h10-14,16-17H,3-9,15H2,1-2H3/t11?,12-,13-,14+/m0/s1. The molecular weight excluding hydrogens is 214 g/mol. The molecule has 4 atom stereocenters. The fourth-order valence-corrected chi connectivity index (χ4v) is 2.76. The van der Waals surface area contributed by atoms with Gasteiger partial charge in [0.1, 0.15) is 0 Å². The van der Waals surface area contributed by atoms with Crippen LogP contribution < -0.4 is 5.73 Å². The minimum atomic E-state index is -0.531. The van der Waals surface area contributed by atoms with Gasteiger partial charge in [0.2, 0.25) is 0 Å². The molecule has 1 saturated carbocycles. The summed E-state index contributed by atoms with van der Waals surface area (Å²) in [6.07, 6.45) is 5.96. The van der Waals surface area contributed by atoms with E-state index in [2.05, 4.69) is 13.8 Å². The summed E-state index contributed by atoms with van der Waals surface area (Å²) in [5.74, 6) is 1.26. The molecule has 0 aromatic heterocycles. The Labute approximate surface area is 105 Å². The smallest absolute Gasteiger partial charge is 0.0801 e. The van der Waals surface area contributed by atoms with Gasteiger partial charge in [0.15, 0.2) is 0 Å². The monoisotopic (exact) mass is 243 g/mol. The second-order valence-electron chi connectivity index (χ2n) is 6.13. The zero-order valence-corrected chi connectivity index (χ0v) is 11.3. The summed E-state index contributed by atoms with van der Waals surface area (Å²) < 4.78 is 0. The largest absolute Gasteiger partial charge is 0.390 e. The Kier molecular flexibility index (Phi) is 6.45. The fraction of sp³-hybridized carbons (Fsp3) is 1.00. The molecule has 1 aliphatic rings. The molecule has 3 heteroatoms. The fourth-order valence-electron chi connectivity index (χ4n) is 2.76. The lowest BCUT2D eigenvalue weighted by atomic mass is 9.81. The summed E-state index contributed by atoms with van der Waals surface area (Å²) in [4.78, 5) is 0. The molecule has 0 aliphatic heterocycles. The first-order chi connectivity index (χ1) is 7.99. The Bertz CT molecular complexity index is 208. The lowest BCUT2D eigenvalue weighted by Crippen LogP contribution is -2.36. The molecule has 3 nitrogen and oxygen atoms in total. The SMILES string of the molecule is CC(C)CCC[C@H](N)CC1CC[C@H](O)[C@H](O)C1. The van der Waals surface area contributed by atoms with Crippen molar-refractivity contribution in [3.05, 3.63) is 0 Å². The van der Waals surface area contributed by atoms with Gasteiger partial charge in [-0.3, -0.25) is 0 Å². The van der Waals surface area contributed by atoms with Gasteiger partial charge in [-0.15, -0.1) is 0 Å². The molecule has 0 aromatic rings. The van der Waals surface area contributed by atoms with Crippen LogP contribution in [0.2, 0.25) is 0 Å². The maximum Gasteiger partial charge on any atom is 0.0801 e. The van der Waals surface area contributed by atoms with E-state index < -0.39 is 12.2 Å². The Morgan fingerprint density at radius 1 is 1.12 bits per heavy atom. The van der Waals surface area contributed by atoms with E-state index in [1.165, 1.54) is 12.8 Å². The van der Waals surface area contributed by atoms with E-state index in [-0.39, 0.29) is 6.04 Å². The van der Waals surface area contributed by atoms with Crippen LogP contribution >= 0.6 is 0 Å². The van der Waals surface area contributed by atoms with Gasteiger partial charge in [-0.25, -0.2) is 0 Å². The highest BCUT2D eigenvalue weighted by atomic mass is 16.3. The third-order valence-electron chi connectivity index (χ3n) is 3.88. The average molecular weight is 243 g/mol. The molecule has 0 saturated heterocycles. The quantitative estimate of drug-likeness (QED) is 0.669. The van der Waals surface area contributed by atoms with Crippen LogP contribution in [0.15, 0.2) is 0 Å². The van der Waals surface area contributed by atoms with Crippen molar-refractivity contribution in [3.8, 4) is 0 Å². The maximum absolute atomic E-state index is 9.62. The van der Waals surface area contributed by atoms with Gasteiger partial charge >= 0.3 is 0 Å². The highest BCUT2D eigenvalue weighted by molar-refractivity contribution is 4.81. The number of hydrogen-bond donors (Lipinski definition) is 3. The van der Waals surface area contributed by atoms with Crippen LogP contribution in [0.25, 0.3) is 0 Å². The molecule has 0 heterocycles. The van der Waals surface area contributed by atoms with Gasteiger partial charge in [0.25, 0.3) is 0 Å². The zero-order chi connectivity index (χ0) is 12.8. The second-order valence-corrected chi connectivity index (χ2v) is 6.13. The van der Waals surface area contributed by atoms with Crippen LogP contribution in [-0.4, -0.2) is 28.5 Å². The van der Waals surface area contributed by atoms with Gasteiger partial charge < -0.3 is 15.9 Å². The van der Waals surface area contributed by atoms with E-state index in [1.807, 2.05) is 0 Å². The average Bonchev–Trinajstić information content (AvgIpc) is 2.23. The second kappa shape index (κ2) is 7.34. The van der Waals surface area contributed by atoms with Crippen LogP contribution in [0.1, 0.15) is 58.8 Å². The Hall–Kier alpha value is -0.120. The molecule has 0 amide bonds. The number of aliphatic hydroxyl groups excluding tert-OH is 2. The Morgan fingerprint density at radius 3 is 2.41 bits per heavy atom. The van der Waals surface area contributed by atoms with Crippen LogP contribution in [0, 0.1) is 11.8 Å². The van der Waals surface area contributed by atoms with Crippen LogP contribution in [0.4, 0.5) is 0 Å². The first-order valence-corrected chi connectivity index (χ1v) is 7.10. The molecule has 4 N–H and O–H groups in total. The van der Waals surface area contributed by atoms with Gasteiger partial charge in [0.05, 0.1) is 12.2 Å². The highest BCUT2D eigenvalue weighted by Gasteiger charge is 2.28. The van der Waals surface area contributed by atoms with Gasteiger partial charge in [-0.1, -0.05) is 26.7 Å². The third-order valence-corrected chi connectivity index (χ3v) is 3.88. The van der Waals surface area contributed by atoms with Crippen molar-refractivity contribution in [2.24, 2.45) is 17.6 Å². The van der Waals surface area contributed by atoms with E-state index in [1.54, 1.807) is 0 Å². The van der Waals surface area contributed by atoms with E-state index in [0.717, 1.165) is 38.0 Å². The first kappa shape index (κ1) is 14.9. The highest BCUT2D eigenvalue weighted by Crippen LogP contribution is 2.28. The van der Waals surface area contributed by atoms with Crippen molar-refractivity contribution in [2.75, 3.05) is 0 Å². The van der Waals surface area contributed by atoms with Gasteiger partial charge in [0, 0.05) is 6.04 Å². The third kappa shape index (κ3) is 5.84. The number of nitrogens with two attached hydrogens (primary N) is 1. The summed E-state index contributed by atoms with van der Waals surface area (Å²) in [7, 11) is 0. The van der Waals surface area contributed by atoms with Crippen LogP contribution in [0.5, 0.6) is 0 Å². The minimum Gasteiger partial charge on any atom is -0.390 e. The summed E-state index contributed by atoms with van der Waals surface area (Å²) in [5, 5.41) is 19.1. The van der Waals surface area contributed by atoms with E-state index >= 15 is 0 Å². The first-order valence-electron chi connectivity index (χ1n) is 7.10. The molecule has 0 bridgehead atoms. The predicted molar refractivity (Wildman–Crippen MR) is 70.6 cm³/mol. The summed E-state index contributed by atoms with van der Waals surface area (Å²) >= 11 is 0. The van der Waals surface area contributed by atoms with E-state index in [0.29, 0.717) is 5.92 Å². The van der Waals surface area contributed by atoms with Crippen molar-refractivity contribution >= 4 is 0 Å². The predicted octanol–water partition coefficient (Wildman–Crippen LogP) is 2.05. The van der Waals surface area contributed by atoms with Crippen LogP contribution in [-0.2, 0) is 0 Å². The van der Waals surface area contributed by atoms with Crippen molar-refractivity contribution < 1.29 is 10.2 Å². The summed E-state index contributed by atoms with van der Waals surface area (Å²) in [5.41, 5.74) is 6.13. The van der Waals surface area contributed by atoms with E-state index in [9.17, 15) is 10.2 Å². The lowest BCUT2D eigenvalue weighted by Gasteiger charge is -2.31.